The van der Waals surface area contributed by atoms with Crippen molar-refractivity contribution in [2.75, 3.05) is 31.1 Å². The van der Waals surface area contributed by atoms with Crippen molar-refractivity contribution < 1.29 is 9.18 Å². The van der Waals surface area contributed by atoms with E-state index in [4.69, 9.17) is 0 Å². The molecule has 7 heteroatoms. The molecule has 2 saturated heterocycles. The number of nitrogens with one attached hydrogen (secondary N) is 1. The fourth-order valence-corrected chi connectivity index (χ4v) is 4.27. The second-order valence-electron chi connectivity index (χ2n) is 7.47. The summed E-state index contributed by atoms with van der Waals surface area (Å²) in [6, 6.07) is 3.18. The zero-order chi connectivity index (χ0) is 18.3. The minimum Gasteiger partial charge on any atom is -0.356 e. The first-order chi connectivity index (χ1) is 12.5. The largest absolute Gasteiger partial charge is 0.356 e. The van der Waals surface area contributed by atoms with E-state index < -0.39 is 0 Å². The lowest BCUT2D eigenvalue weighted by molar-refractivity contribution is -0.130. The van der Waals surface area contributed by atoms with Crippen LogP contribution >= 0.6 is 0 Å². The Bertz CT molecular complexity index is 769. The first kappa shape index (κ1) is 17.0. The Morgan fingerprint density at radius 1 is 1.23 bits per heavy atom. The molecule has 2 fully saturated rings. The molecule has 0 bridgehead atoms. The Hall–Kier alpha value is -2.44. The van der Waals surface area contributed by atoms with Crippen molar-refractivity contribution in [3.05, 3.63) is 41.1 Å². The molecule has 6 nitrogen and oxygen atoms in total. The van der Waals surface area contributed by atoms with Crippen LogP contribution in [0.15, 0.2) is 18.3 Å². The molecule has 0 radical (unpaired) electrons. The molecule has 0 aliphatic carbocycles. The number of hydrogen-bond donors (Lipinski definition) is 1. The lowest BCUT2D eigenvalue weighted by Crippen LogP contribution is -2.33. The molecule has 0 aromatic carbocycles. The topological polar surface area (TPSA) is 65.1 Å². The van der Waals surface area contributed by atoms with Gasteiger partial charge in [-0.25, -0.2) is 9.37 Å². The number of hydrogen-bond acceptors (Lipinski definition) is 4. The van der Waals surface area contributed by atoms with Crippen molar-refractivity contribution in [3.8, 4) is 0 Å². The molecule has 2 aromatic heterocycles. The van der Waals surface area contributed by atoms with Crippen LogP contribution in [0.4, 0.5) is 10.2 Å². The summed E-state index contributed by atoms with van der Waals surface area (Å²) >= 11 is 0. The van der Waals surface area contributed by atoms with Gasteiger partial charge in [-0.15, -0.1) is 0 Å². The lowest BCUT2D eigenvalue weighted by atomic mass is 10.0. The second kappa shape index (κ2) is 6.70. The molecular weight excluding hydrogens is 333 g/mol. The highest BCUT2D eigenvalue weighted by molar-refractivity contribution is 5.77. The number of aromatic amines is 1. The van der Waals surface area contributed by atoms with Gasteiger partial charge in [0.2, 0.25) is 5.91 Å². The van der Waals surface area contributed by atoms with Crippen LogP contribution in [0.25, 0.3) is 0 Å². The van der Waals surface area contributed by atoms with Crippen LogP contribution in [0.3, 0.4) is 0 Å². The van der Waals surface area contributed by atoms with Gasteiger partial charge in [0.05, 0.1) is 11.9 Å². The maximum absolute atomic E-state index is 13.0. The molecule has 4 heterocycles. The van der Waals surface area contributed by atoms with Crippen LogP contribution in [0.2, 0.25) is 0 Å². The molecule has 0 spiro atoms. The normalized spacial score (nSPS) is 22.1. The van der Waals surface area contributed by atoms with E-state index in [9.17, 15) is 9.18 Å². The first-order valence-electron chi connectivity index (χ1n) is 9.16. The van der Waals surface area contributed by atoms with Gasteiger partial charge in [0, 0.05) is 50.1 Å². The van der Waals surface area contributed by atoms with E-state index >= 15 is 0 Å². The quantitative estimate of drug-likeness (QED) is 0.910. The fraction of sp³-hybridized carbons (Fsp3) is 0.526. The Kier molecular flexibility index (Phi) is 4.38. The number of carbonyl (C=O) groups excluding carboxylic acids is 1. The predicted octanol–water partition coefficient (Wildman–Crippen LogP) is 2.09. The number of nitrogens with zero attached hydrogens (tertiary/aromatic N) is 4. The number of H-pyrrole nitrogens is 1. The smallest absolute Gasteiger partial charge is 0.222 e. The minimum absolute atomic E-state index is 0.228. The molecule has 1 N–H and O–H groups in total. The first-order valence-corrected chi connectivity index (χ1v) is 9.16. The summed E-state index contributed by atoms with van der Waals surface area (Å²) in [6.45, 7) is 7.36. The molecule has 138 valence electrons. The third-order valence-corrected chi connectivity index (χ3v) is 5.74. The average molecular weight is 357 g/mol. The molecule has 2 aliphatic rings. The summed E-state index contributed by atoms with van der Waals surface area (Å²) < 4.78 is 13.0. The number of fused-ring (bicyclic) bond motifs is 1. The van der Waals surface area contributed by atoms with Crippen LogP contribution in [-0.2, 0) is 11.2 Å². The van der Waals surface area contributed by atoms with Gasteiger partial charge in [0.15, 0.2) is 0 Å². The molecule has 1 amide bonds. The van der Waals surface area contributed by atoms with E-state index in [-0.39, 0.29) is 11.7 Å². The fourth-order valence-electron chi connectivity index (χ4n) is 4.27. The number of likely N-dealkylation sites (tertiary alicyclic amines) is 1. The maximum Gasteiger partial charge on any atom is 0.222 e. The lowest BCUT2D eigenvalue weighted by Gasteiger charge is -2.22. The van der Waals surface area contributed by atoms with Crippen molar-refractivity contribution >= 4 is 11.7 Å². The summed E-state index contributed by atoms with van der Waals surface area (Å²) in [7, 11) is 0. The van der Waals surface area contributed by atoms with Crippen molar-refractivity contribution in [1.82, 2.24) is 20.1 Å². The highest BCUT2D eigenvalue weighted by atomic mass is 19.1. The molecule has 2 atom stereocenters. The second-order valence-corrected chi connectivity index (χ2v) is 7.47. The molecule has 2 aliphatic heterocycles. The van der Waals surface area contributed by atoms with Crippen molar-refractivity contribution in [2.24, 2.45) is 11.8 Å². The number of aromatic nitrogens is 3. The summed E-state index contributed by atoms with van der Waals surface area (Å²) in [6.07, 6.45) is 2.54. The Balaban J connectivity index is 1.31. The van der Waals surface area contributed by atoms with Gasteiger partial charge >= 0.3 is 0 Å². The van der Waals surface area contributed by atoms with Crippen molar-refractivity contribution in [1.29, 1.82) is 0 Å². The molecule has 4 rings (SSSR count). The predicted molar refractivity (Wildman–Crippen MR) is 96.4 cm³/mol. The van der Waals surface area contributed by atoms with Crippen LogP contribution in [-0.4, -0.2) is 52.2 Å². The number of rotatable bonds is 4. The highest BCUT2D eigenvalue weighted by Crippen LogP contribution is 2.33. The van der Waals surface area contributed by atoms with Crippen LogP contribution in [0.1, 0.15) is 23.4 Å². The molecular formula is C19H24FN5O. The van der Waals surface area contributed by atoms with E-state index in [0.717, 1.165) is 55.4 Å². The number of carbonyl (C=O) groups is 1. The maximum atomic E-state index is 13.0. The van der Waals surface area contributed by atoms with Gasteiger partial charge in [-0.05, 0) is 38.0 Å². The van der Waals surface area contributed by atoms with Gasteiger partial charge in [-0.2, -0.15) is 5.10 Å². The van der Waals surface area contributed by atoms with E-state index in [1.54, 1.807) is 6.07 Å². The molecule has 2 unspecified atom stereocenters. The molecule has 2 aromatic rings. The SMILES string of the molecule is Cc1n[nH]c(C)c1CCC(=O)N1CC2CN(c3ccc(F)cn3)CC2C1. The highest BCUT2D eigenvalue weighted by Gasteiger charge is 2.41. The third-order valence-electron chi connectivity index (χ3n) is 5.74. The minimum atomic E-state index is -0.312. The van der Waals surface area contributed by atoms with Gasteiger partial charge in [0.1, 0.15) is 11.6 Å². The summed E-state index contributed by atoms with van der Waals surface area (Å²) in [5, 5.41) is 7.17. The summed E-state index contributed by atoms with van der Waals surface area (Å²) in [4.78, 5) is 21.0. The van der Waals surface area contributed by atoms with E-state index in [2.05, 4.69) is 20.1 Å². The van der Waals surface area contributed by atoms with Gasteiger partial charge < -0.3 is 9.80 Å². The average Bonchev–Trinajstić information content (AvgIpc) is 3.27. The number of pyridine rings is 1. The number of halogens is 1. The number of aryl methyl sites for hydroxylation is 2. The molecule has 26 heavy (non-hydrogen) atoms. The van der Waals surface area contributed by atoms with Crippen LogP contribution in [0, 0.1) is 31.5 Å². The Labute approximate surface area is 152 Å². The number of anilines is 1. The van der Waals surface area contributed by atoms with E-state index in [0.29, 0.717) is 18.3 Å². The van der Waals surface area contributed by atoms with Crippen molar-refractivity contribution in [3.63, 3.8) is 0 Å². The zero-order valence-electron chi connectivity index (χ0n) is 15.2. The number of amides is 1. The standard InChI is InChI=1S/C19H24FN5O/c1-12-17(13(2)23-22-12)4-6-19(26)25-10-14-8-24(9-15(14)11-25)18-5-3-16(20)7-21-18/h3,5,7,14-15H,4,6,8-11H2,1-2H3,(H,22,23). The van der Waals surface area contributed by atoms with Crippen molar-refractivity contribution in [2.45, 2.75) is 26.7 Å². The van der Waals surface area contributed by atoms with Crippen LogP contribution in [0.5, 0.6) is 0 Å². The summed E-state index contributed by atoms with van der Waals surface area (Å²) in [5.41, 5.74) is 3.19. The molecule has 0 saturated carbocycles. The summed E-state index contributed by atoms with van der Waals surface area (Å²) in [5.74, 6) is 1.69. The van der Waals surface area contributed by atoms with E-state index in [1.165, 1.54) is 12.3 Å². The van der Waals surface area contributed by atoms with Gasteiger partial charge in [-0.3, -0.25) is 9.89 Å². The van der Waals surface area contributed by atoms with E-state index in [1.807, 2.05) is 18.7 Å². The third kappa shape index (κ3) is 3.18. The Morgan fingerprint density at radius 3 is 2.54 bits per heavy atom. The Morgan fingerprint density at radius 2 is 1.96 bits per heavy atom. The monoisotopic (exact) mass is 357 g/mol. The zero-order valence-corrected chi connectivity index (χ0v) is 15.2. The van der Waals surface area contributed by atoms with Gasteiger partial charge in [0.25, 0.3) is 0 Å². The van der Waals surface area contributed by atoms with Crippen LogP contribution < -0.4 is 4.90 Å². The van der Waals surface area contributed by atoms with Gasteiger partial charge in [-0.1, -0.05) is 0 Å².